The maximum atomic E-state index is 13.1. The van der Waals surface area contributed by atoms with Crippen LogP contribution in [0, 0.1) is 22.5 Å². The molecule has 1 aliphatic rings. The fraction of sp³-hybridized carbons (Fsp3) is 0.333. The molecule has 0 aromatic heterocycles. The largest absolute Gasteiger partial charge is 0.204 e. The predicted molar refractivity (Wildman–Crippen MR) is 57.5 cm³/mol. The minimum atomic E-state index is -0.894. The Kier molecular flexibility index (Phi) is 2.81. The average molecular weight is 223 g/mol. The minimum absolute atomic E-state index is 0.164. The molecule has 0 fully saturated rings. The van der Waals surface area contributed by atoms with Crippen LogP contribution < -0.4 is 0 Å². The highest BCUT2D eigenvalue weighted by Crippen LogP contribution is 2.39. The van der Waals surface area contributed by atoms with Gasteiger partial charge >= 0.3 is 0 Å². The Morgan fingerprint density at radius 3 is 2.69 bits per heavy atom. The van der Waals surface area contributed by atoms with Gasteiger partial charge in [0, 0.05) is 0 Å². The van der Waals surface area contributed by atoms with Crippen molar-refractivity contribution in [2.24, 2.45) is 11.1 Å². The van der Waals surface area contributed by atoms with Crippen LogP contribution in [0.25, 0.3) is 5.57 Å². The quantitative estimate of drug-likeness (QED) is 0.700. The normalized spacial score (nSPS) is 20.3. The molecule has 0 bridgehead atoms. The summed E-state index contributed by atoms with van der Waals surface area (Å²) in [7, 11) is 0. The van der Waals surface area contributed by atoms with Gasteiger partial charge in [0.05, 0.1) is 5.70 Å². The molecule has 1 aliphatic carbocycles. The number of allylic oxidation sites excluding steroid dienone is 2. The van der Waals surface area contributed by atoms with Crippen molar-refractivity contribution >= 4 is 5.57 Å². The third-order valence-electron chi connectivity index (χ3n) is 2.96. The molecular formula is C12H11F2NO. The summed E-state index contributed by atoms with van der Waals surface area (Å²) in [6, 6.07) is 3.68. The van der Waals surface area contributed by atoms with Crippen LogP contribution in [0.3, 0.4) is 0 Å². The molecule has 0 amide bonds. The highest BCUT2D eigenvalue weighted by atomic mass is 19.2. The summed E-state index contributed by atoms with van der Waals surface area (Å²) in [6.45, 7) is 1.95. The maximum absolute atomic E-state index is 13.1. The van der Waals surface area contributed by atoms with Crippen LogP contribution in [-0.4, -0.2) is 0 Å². The SMILES string of the molecule is CC1CCC(N=O)=C1c1ccc(F)c(F)c1. The molecule has 1 atom stereocenters. The van der Waals surface area contributed by atoms with Gasteiger partial charge in [0.25, 0.3) is 0 Å². The van der Waals surface area contributed by atoms with Gasteiger partial charge in [0.1, 0.15) is 0 Å². The second-order valence-corrected chi connectivity index (χ2v) is 4.02. The molecule has 2 rings (SSSR count). The van der Waals surface area contributed by atoms with Gasteiger partial charge in [-0.1, -0.05) is 13.0 Å². The number of nitrogens with zero attached hydrogens (tertiary/aromatic N) is 1. The van der Waals surface area contributed by atoms with Gasteiger partial charge in [0.2, 0.25) is 0 Å². The summed E-state index contributed by atoms with van der Waals surface area (Å²) in [4.78, 5) is 10.6. The smallest absolute Gasteiger partial charge is 0.159 e. The van der Waals surface area contributed by atoms with Crippen LogP contribution in [-0.2, 0) is 0 Å². The van der Waals surface area contributed by atoms with Crippen molar-refractivity contribution in [1.82, 2.24) is 0 Å². The Bertz CT molecular complexity index is 468. The monoisotopic (exact) mass is 223 g/mol. The lowest BCUT2D eigenvalue weighted by molar-refractivity contribution is 0.508. The number of hydrogen-bond donors (Lipinski definition) is 0. The molecule has 4 heteroatoms. The molecule has 1 aromatic rings. The second kappa shape index (κ2) is 4.12. The highest BCUT2D eigenvalue weighted by molar-refractivity contribution is 5.72. The average Bonchev–Trinajstić information content (AvgIpc) is 2.64. The van der Waals surface area contributed by atoms with E-state index in [1.807, 2.05) is 6.92 Å². The van der Waals surface area contributed by atoms with E-state index in [1.165, 1.54) is 6.07 Å². The van der Waals surface area contributed by atoms with Crippen LogP contribution in [0.4, 0.5) is 8.78 Å². The Balaban J connectivity index is 2.50. The summed E-state index contributed by atoms with van der Waals surface area (Å²) < 4.78 is 25.9. The summed E-state index contributed by atoms with van der Waals surface area (Å²) >= 11 is 0. The Morgan fingerprint density at radius 1 is 1.31 bits per heavy atom. The zero-order valence-electron chi connectivity index (χ0n) is 8.84. The van der Waals surface area contributed by atoms with Crippen LogP contribution in [0.1, 0.15) is 25.3 Å². The van der Waals surface area contributed by atoms with Gasteiger partial charge in [0.15, 0.2) is 11.6 Å². The third-order valence-corrected chi connectivity index (χ3v) is 2.96. The van der Waals surface area contributed by atoms with Crippen molar-refractivity contribution in [1.29, 1.82) is 0 Å². The number of benzene rings is 1. The van der Waals surface area contributed by atoms with E-state index in [0.29, 0.717) is 17.7 Å². The first-order chi connectivity index (χ1) is 7.63. The van der Waals surface area contributed by atoms with E-state index in [4.69, 9.17) is 0 Å². The lowest BCUT2D eigenvalue weighted by Gasteiger charge is -2.09. The number of halogens is 2. The zero-order valence-corrected chi connectivity index (χ0v) is 8.84. The summed E-state index contributed by atoms with van der Waals surface area (Å²) in [6.07, 6.45) is 1.44. The molecule has 0 aliphatic heterocycles. The molecule has 1 aromatic carbocycles. The van der Waals surface area contributed by atoms with E-state index >= 15 is 0 Å². The molecule has 0 heterocycles. The van der Waals surface area contributed by atoms with Gasteiger partial charge in [-0.2, -0.15) is 0 Å². The van der Waals surface area contributed by atoms with Crippen molar-refractivity contribution < 1.29 is 8.78 Å². The molecule has 1 unspecified atom stereocenters. The Labute approximate surface area is 92.0 Å². The standard InChI is InChI=1S/C12H11F2NO/c1-7-2-5-11(15-16)12(7)8-3-4-9(13)10(14)6-8/h3-4,6-7H,2,5H2,1H3. The number of hydrogen-bond acceptors (Lipinski definition) is 2. The number of nitroso groups, excluding NO2 is 1. The molecule has 0 saturated carbocycles. The minimum Gasteiger partial charge on any atom is -0.204 e. The van der Waals surface area contributed by atoms with Gasteiger partial charge < -0.3 is 0 Å². The van der Waals surface area contributed by atoms with Crippen molar-refractivity contribution in [3.8, 4) is 0 Å². The molecule has 0 saturated heterocycles. The molecule has 84 valence electrons. The Hall–Kier alpha value is -1.58. The van der Waals surface area contributed by atoms with Gasteiger partial charge in [-0.3, -0.25) is 0 Å². The first kappa shape index (κ1) is 10.9. The lowest BCUT2D eigenvalue weighted by Crippen LogP contribution is -1.95. The molecule has 0 N–H and O–H groups in total. The molecule has 2 nitrogen and oxygen atoms in total. The van der Waals surface area contributed by atoms with E-state index in [0.717, 1.165) is 24.1 Å². The summed E-state index contributed by atoms with van der Waals surface area (Å²) in [5, 5.41) is 2.96. The van der Waals surface area contributed by atoms with Crippen LogP contribution in [0.5, 0.6) is 0 Å². The zero-order chi connectivity index (χ0) is 11.7. The second-order valence-electron chi connectivity index (χ2n) is 4.02. The van der Waals surface area contributed by atoms with E-state index < -0.39 is 11.6 Å². The highest BCUT2D eigenvalue weighted by Gasteiger charge is 2.24. The lowest BCUT2D eigenvalue weighted by atomic mass is 9.96. The van der Waals surface area contributed by atoms with E-state index in [9.17, 15) is 13.7 Å². The molecule has 16 heavy (non-hydrogen) atoms. The topological polar surface area (TPSA) is 29.4 Å². The number of rotatable bonds is 2. The fourth-order valence-electron chi connectivity index (χ4n) is 2.13. The first-order valence-electron chi connectivity index (χ1n) is 5.15. The summed E-state index contributed by atoms with van der Waals surface area (Å²) in [5.74, 6) is -1.61. The van der Waals surface area contributed by atoms with Gasteiger partial charge in [-0.15, -0.1) is 4.91 Å². The van der Waals surface area contributed by atoms with E-state index in [2.05, 4.69) is 5.18 Å². The first-order valence-corrected chi connectivity index (χ1v) is 5.15. The van der Waals surface area contributed by atoms with Crippen LogP contribution >= 0.6 is 0 Å². The predicted octanol–water partition coefficient (Wildman–Crippen LogP) is 3.87. The van der Waals surface area contributed by atoms with Crippen molar-refractivity contribution in [3.63, 3.8) is 0 Å². The maximum Gasteiger partial charge on any atom is 0.159 e. The van der Waals surface area contributed by atoms with Crippen molar-refractivity contribution in [2.75, 3.05) is 0 Å². The van der Waals surface area contributed by atoms with Gasteiger partial charge in [-0.25, -0.2) is 8.78 Å². The van der Waals surface area contributed by atoms with E-state index in [-0.39, 0.29) is 5.92 Å². The Morgan fingerprint density at radius 2 is 2.06 bits per heavy atom. The summed E-state index contributed by atoms with van der Waals surface area (Å²) in [5.41, 5.74) is 1.76. The van der Waals surface area contributed by atoms with Crippen LogP contribution in [0.15, 0.2) is 29.1 Å². The van der Waals surface area contributed by atoms with Crippen molar-refractivity contribution in [3.05, 3.63) is 46.0 Å². The third kappa shape index (κ3) is 1.75. The molecule has 0 radical (unpaired) electrons. The molecular weight excluding hydrogens is 212 g/mol. The fourth-order valence-corrected chi connectivity index (χ4v) is 2.13. The van der Waals surface area contributed by atoms with Gasteiger partial charge in [-0.05, 0) is 47.2 Å². The van der Waals surface area contributed by atoms with Crippen molar-refractivity contribution in [2.45, 2.75) is 19.8 Å². The van der Waals surface area contributed by atoms with Crippen LogP contribution in [0.2, 0.25) is 0 Å². The van der Waals surface area contributed by atoms with E-state index in [1.54, 1.807) is 0 Å². The molecule has 0 spiro atoms.